The van der Waals surface area contributed by atoms with Gasteiger partial charge in [0, 0.05) is 32.3 Å². The fraction of sp³-hybridized carbons (Fsp3) is 0.421. The summed E-state index contributed by atoms with van der Waals surface area (Å²) in [6.07, 6.45) is 1.73. The number of aromatic nitrogens is 1. The Balaban J connectivity index is 2.04. The maximum Gasteiger partial charge on any atom is 0.261 e. The highest BCUT2D eigenvalue weighted by molar-refractivity contribution is 7.18. The quantitative estimate of drug-likeness (QED) is 0.841. The van der Waals surface area contributed by atoms with E-state index in [4.69, 9.17) is 0 Å². The Hall–Kier alpha value is -2.41. The number of thiophene rings is 1. The summed E-state index contributed by atoms with van der Waals surface area (Å²) in [4.78, 5) is 31.4. The lowest BCUT2D eigenvalue weighted by Crippen LogP contribution is -2.27. The highest BCUT2D eigenvalue weighted by Gasteiger charge is 2.23. The van der Waals surface area contributed by atoms with Gasteiger partial charge in [0.2, 0.25) is 5.91 Å². The van der Waals surface area contributed by atoms with E-state index in [1.165, 1.54) is 11.3 Å². The number of nitrogens with one attached hydrogen (secondary N) is 2. The van der Waals surface area contributed by atoms with Gasteiger partial charge in [-0.2, -0.15) is 0 Å². The zero-order valence-electron chi connectivity index (χ0n) is 16.1. The largest absolute Gasteiger partial charge is 0.363 e. The number of amides is 2. The van der Waals surface area contributed by atoms with Crippen molar-refractivity contribution in [2.75, 3.05) is 24.3 Å². The van der Waals surface area contributed by atoms with Crippen LogP contribution in [0.5, 0.6) is 0 Å². The molecule has 0 fully saturated rings. The number of carbonyl (C=O) groups excluding carboxylic acids is 2. The molecule has 2 rings (SSSR count). The van der Waals surface area contributed by atoms with Gasteiger partial charge in [-0.05, 0) is 36.2 Å². The van der Waals surface area contributed by atoms with Crippen LogP contribution >= 0.6 is 11.3 Å². The highest BCUT2D eigenvalue weighted by atomic mass is 32.1. The number of pyridine rings is 1. The van der Waals surface area contributed by atoms with Crippen LogP contribution in [0.25, 0.3) is 0 Å². The van der Waals surface area contributed by atoms with E-state index in [1.54, 1.807) is 6.20 Å². The number of rotatable bonds is 5. The third-order valence-electron chi connectivity index (χ3n) is 3.76. The minimum Gasteiger partial charge on any atom is -0.363 e. The highest BCUT2D eigenvalue weighted by Crippen LogP contribution is 2.28. The second-order valence-electron chi connectivity index (χ2n) is 7.43. The normalized spacial score (nSPS) is 11.2. The molecule has 2 aromatic heterocycles. The summed E-state index contributed by atoms with van der Waals surface area (Å²) in [6.45, 7) is 7.85. The van der Waals surface area contributed by atoms with Crippen molar-refractivity contribution in [1.82, 2.24) is 10.3 Å². The van der Waals surface area contributed by atoms with Crippen molar-refractivity contribution >= 4 is 34.0 Å². The van der Waals surface area contributed by atoms with Crippen molar-refractivity contribution in [3.8, 4) is 0 Å². The van der Waals surface area contributed by atoms with E-state index >= 15 is 0 Å². The molecule has 2 heterocycles. The van der Waals surface area contributed by atoms with Gasteiger partial charge in [0.05, 0.1) is 9.88 Å². The number of aryl methyl sites for hydroxylation is 1. The third kappa shape index (κ3) is 5.05. The number of hydrogen-bond donors (Lipinski definition) is 2. The number of anilines is 2. The zero-order valence-corrected chi connectivity index (χ0v) is 17.0. The van der Waals surface area contributed by atoms with Gasteiger partial charge in [0.15, 0.2) is 0 Å². The van der Waals surface area contributed by atoms with Crippen LogP contribution in [0, 0.1) is 12.3 Å². The van der Waals surface area contributed by atoms with E-state index in [-0.39, 0.29) is 11.8 Å². The summed E-state index contributed by atoms with van der Waals surface area (Å²) in [5.41, 5.74) is 1.35. The van der Waals surface area contributed by atoms with Crippen LogP contribution in [0.3, 0.4) is 0 Å². The van der Waals surface area contributed by atoms with E-state index in [0.29, 0.717) is 16.4 Å². The second-order valence-corrected chi connectivity index (χ2v) is 8.48. The molecule has 0 saturated carbocycles. The molecule has 0 radical (unpaired) electrons. The molecule has 7 heteroatoms. The standard InChI is InChI=1S/C19H26N4O2S/c1-12-9-15(22-18(25)19(2,3)4)26-16(12)17(24)21-11-13-7-8-20-14(10-13)23(5)6/h7-10H,11H2,1-6H3,(H,21,24)(H,22,25). The summed E-state index contributed by atoms with van der Waals surface area (Å²) in [6, 6.07) is 5.65. The second kappa shape index (κ2) is 7.86. The van der Waals surface area contributed by atoms with Gasteiger partial charge in [0.25, 0.3) is 5.91 Å². The predicted octanol–water partition coefficient (Wildman–Crippen LogP) is 3.43. The lowest BCUT2D eigenvalue weighted by atomic mass is 9.96. The summed E-state index contributed by atoms with van der Waals surface area (Å²) in [7, 11) is 3.85. The maximum atomic E-state index is 12.5. The fourth-order valence-corrected chi connectivity index (χ4v) is 3.13. The molecule has 0 aromatic carbocycles. The lowest BCUT2D eigenvalue weighted by Gasteiger charge is -2.16. The van der Waals surface area contributed by atoms with Crippen LogP contribution in [-0.2, 0) is 11.3 Å². The van der Waals surface area contributed by atoms with Crippen LogP contribution in [-0.4, -0.2) is 30.9 Å². The van der Waals surface area contributed by atoms with Gasteiger partial charge >= 0.3 is 0 Å². The topological polar surface area (TPSA) is 74.3 Å². The van der Waals surface area contributed by atoms with Crippen LogP contribution in [0.2, 0.25) is 0 Å². The molecular formula is C19H26N4O2S. The van der Waals surface area contributed by atoms with Gasteiger partial charge < -0.3 is 15.5 Å². The molecule has 6 nitrogen and oxygen atoms in total. The number of hydrogen-bond acceptors (Lipinski definition) is 5. The minimum absolute atomic E-state index is 0.0706. The van der Waals surface area contributed by atoms with Gasteiger partial charge in [-0.15, -0.1) is 11.3 Å². The molecule has 0 atom stereocenters. The van der Waals surface area contributed by atoms with Gasteiger partial charge in [-0.3, -0.25) is 9.59 Å². The van der Waals surface area contributed by atoms with Crippen molar-refractivity contribution < 1.29 is 9.59 Å². The fourth-order valence-electron chi connectivity index (χ4n) is 2.15. The van der Waals surface area contributed by atoms with Crippen LogP contribution in [0.1, 0.15) is 41.6 Å². The van der Waals surface area contributed by atoms with Crippen LogP contribution in [0.15, 0.2) is 24.4 Å². The first-order valence-electron chi connectivity index (χ1n) is 8.40. The molecule has 0 aliphatic carbocycles. The molecular weight excluding hydrogens is 348 g/mol. The Morgan fingerprint density at radius 3 is 2.54 bits per heavy atom. The van der Waals surface area contributed by atoms with Crippen molar-refractivity contribution in [3.05, 3.63) is 40.4 Å². The molecule has 2 aromatic rings. The first-order valence-corrected chi connectivity index (χ1v) is 9.22. The number of nitrogens with zero attached hydrogens (tertiary/aromatic N) is 2. The van der Waals surface area contributed by atoms with E-state index in [1.807, 2.05) is 64.9 Å². The first kappa shape index (κ1) is 19.9. The molecule has 0 aliphatic rings. The van der Waals surface area contributed by atoms with E-state index in [9.17, 15) is 9.59 Å². The summed E-state index contributed by atoms with van der Waals surface area (Å²) in [5.74, 6) is 0.627. The van der Waals surface area contributed by atoms with E-state index in [0.717, 1.165) is 16.9 Å². The smallest absolute Gasteiger partial charge is 0.261 e. The molecule has 0 bridgehead atoms. The summed E-state index contributed by atoms with van der Waals surface area (Å²) >= 11 is 1.29. The molecule has 26 heavy (non-hydrogen) atoms. The summed E-state index contributed by atoms with van der Waals surface area (Å²) < 4.78 is 0. The van der Waals surface area contributed by atoms with Gasteiger partial charge in [-0.25, -0.2) is 4.98 Å². The van der Waals surface area contributed by atoms with Crippen molar-refractivity contribution in [3.63, 3.8) is 0 Å². The molecule has 0 spiro atoms. The molecule has 2 amide bonds. The Morgan fingerprint density at radius 1 is 1.23 bits per heavy atom. The Labute approximate surface area is 158 Å². The molecule has 0 saturated heterocycles. The first-order chi connectivity index (χ1) is 12.1. The van der Waals surface area contributed by atoms with Gasteiger partial charge in [-0.1, -0.05) is 20.8 Å². The molecule has 0 aliphatic heterocycles. The number of carbonyl (C=O) groups is 2. The van der Waals surface area contributed by atoms with Crippen molar-refractivity contribution in [2.45, 2.75) is 34.2 Å². The Kier molecular flexibility index (Phi) is 6.02. The average Bonchev–Trinajstić information content (AvgIpc) is 2.92. The van der Waals surface area contributed by atoms with E-state index in [2.05, 4.69) is 15.6 Å². The lowest BCUT2D eigenvalue weighted by molar-refractivity contribution is -0.123. The van der Waals surface area contributed by atoms with Crippen molar-refractivity contribution in [2.24, 2.45) is 5.41 Å². The SMILES string of the molecule is Cc1cc(NC(=O)C(C)(C)C)sc1C(=O)NCc1ccnc(N(C)C)c1. The van der Waals surface area contributed by atoms with E-state index < -0.39 is 5.41 Å². The molecule has 0 unspecified atom stereocenters. The van der Waals surface area contributed by atoms with Crippen LogP contribution < -0.4 is 15.5 Å². The third-order valence-corrected chi connectivity index (χ3v) is 4.91. The average molecular weight is 375 g/mol. The molecule has 2 N–H and O–H groups in total. The Morgan fingerprint density at radius 2 is 1.92 bits per heavy atom. The van der Waals surface area contributed by atoms with Crippen LogP contribution in [0.4, 0.5) is 10.8 Å². The van der Waals surface area contributed by atoms with Crippen molar-refractivity contribution in [1.29, 1.82) is 0 Å². The maximum absolute atomic E-state index is 12.5. The minimum atomic E-state index is -0.480. The zero-order chi connectivity index (χ0) is 19.5. The summed E-state index contributed by atoms with van der Waals surface area (Å²) in [5, 5.41) is 6.50. The van der Waals surface area contributed by atoms with Gasteiger partial charge in [0.1, 0.15) is 5.82 Å². The monoisotopic (exact) mass is 374 g/mol. The predicted molar refractivity (Wildman–Crippen MR) is 107 cm³/mol. The molecule has 140 valence electrons. The Bertz CT molecular complexity index is 806.